The summed E-state index contributed by atoms with van der Waals surface area (Å²) in [5.74, 6) is -0.392. The molecule has 0 saturated heterocycles. The second-order valence-corrected chi connectivity index (χ2v) is 3.28. The van der Waals surface area contributed by atoms with Crippen LogP contribution in [0.5, 0.6) is 5.75 Å². The van der Waals surface area contributed by atoms with Gasteiger partial charge in [0.05, 0.1) is 18.2 Å². The molecule has 0 atom stereocenters. The van der Waals surface area contributed by atoms with Gasteiger partial charge >= 0.3 is 6.18 Å². The lowest BCUT2D eigenvalue weighted by atomic mass is 10.1. The van der Waals surface area contributed by atoms with Crippen LogP contribution in [0.15, 0.2) is 30.4 Å². The molecule has 0 saturated carbocycles. The maximum absolute atomic E-state index is 12.5. The van der Waals surface area contributed by atoms with E-state index in [4.69, 9.17) is 4.74 Å². The molecule has 0 aliphatic heterocycles. The van der Waals surface area contributed by atoms with E-state index < -0.39 is 17.5 Å². The van der Waals surface area contributed by atoms with Crippen LogP contribution in [0.3, 0.4) is 0 Å². The number of carbonyl (C=O) groups is 1. The van der Waals surface area contributed by atoms with E-state index in [9.17, 15) is 18.0 Å². The van der Waals surface area contributed by atoms with Crippen molar-refractivity contribution in [3.63, 3.8) is 0 Å². The van der Waals surface area contributed by atoms with Crippen molar-refractivity contribution in [3.8, 4) is 5.75 Å². The molecule has 92 valence electrons. The van der Waals surface area contributed by atoms with Crippen molar-refractivity contribution in [1.82, 2.24) is 0 Å². The molecule has 1 aromatic rings. The summed E-state index contributed by atoms with van der Waals surface area (Å²) in [7, 11) is 1.30. The van der Waals surface area contributed by atoms with Crippen LogP contribution in [-0.4, -0.2) is 12.9 Å². The van der Waals surface area contributed by atoms with Gasteiger partial charge in [0.1, 0.15) is 5.75 Å². The molecule has 1 rings (SSSR count). The number of methoxy groups -OCH3 is 1. The van der Waals surface area contributed by atoms with Gasteiger partial charge in [0, 0.05) is 0 Å². The van der Waals surface area contributed by atoms with Crippen LogP contribution in [0.4, 0.5) is 13.2 Å². The summed E-state index contributed by atoms with van der Waals surface area (Å²) >= 11 is 0. The fraction of sp³-hybridized carbons (Fsp3) is 0.250. The predicted octanol–water partition coefficient (Wildman–Crippen LogP) is 3.47. The van der Waals surface area contributed by atoms with Gasteiger partial charge in [-0.05, 0) is 31.2 Å². The Labute approximate surface area is 96.7 Å². The van der Waals surface area contributed by atoms with E-state index >= 15 is 0 Å². The molecule has 0 aromatic heterocycles. The van der Waals surface area contributed by atoms with Gasteiger partial charge in [-0.15, -0.1) is 0 Å². The molecular formula is C12H11F3O2. The Bertz CT molecular complexity index is 448. The summed E-state index contributed by atoms with van der Waals surface area (Å²) in [4.78, 5) is 11.6. The van der Waals surface area contributed by atoms with Crippen molar-refractivity contribution in [2.75, 3.05) is 7.11 Å². The summed E-state index contributed by atoms with van der Waals surface area (Å²) in [5, 5.41) is 0. The minimum Gasteiger partial charge on any atom is -0.496 e. The van der Waals surface area contributed by atoms with E-state index in [0.717, 1.165) is 18.2 Å². The molecule has 5 heteroatoms. The highest BCUT2D eigenvalue weighted by Crippen LogP contribution is 2.32. The molecule has 0 spiro atoms. The molecule has 0 aliphatic rings. The SMILES string of the molecule is C/C=C/C(=O)c1cc(C(F)(F)F)ccc1OC. The minimum atomic E-state index is -4.47. The molecule has 0 N–H and O–H groups in total. The van der Waals surface area contributed by atoms with E-state index in [1.54, 1.807) is 6.92 Å². The zero-order valence-corrected chi connectivity index (χ0v) is 9.34. The first-order valence-electron chi connectivity index (χ1n) is 4.82. The Morgan fingerprint density at radius 3 is 2.47 bits per heavy atom. The summed E-state index contributed by atoms with van der Waals surface area (Å²) in [6, 6.07) is 2.81. The van der Waals surface area contributed by atoms with Crippen LogP contribution < -0.4 is 4.74 Å². The van der Waals surface area contributed by atoms with Gasteiger partial charge in [-0.1, -0.05) is 6.08 Å². The Morgan fingerprint density at radius 1 is 1.35 bits per heavy atom. The van der Waals surface area contributed by atoms with E-state index in [0.29, 0.717) is 0 Å². The number of hydrogen-bond acceptors (Lipinski definition) is 2. The average molecular weight is 244 g/mol. The van der Waals surface area contributed by atoms with E-state index in [2.05, 4.69) is 0 Å². The number of halogens is 3. The van der Waals surface area contributed by atoms with Crippen LogP contribution in [-0.2, 0) is 6.18 Å². The van der Waals surface area contributed by atoms with Crippen LogP contribution in [0.1, 0.15) is 22.8 Å². The second-order valence-electron chi connectivity index (χ2n) is 3.28. The zero-order valence-electron chi connectivity index (χ0n) is 9.34. The van der Waals surface area contributed by atoms with E-state index in [-0.39, 0.29) is 11.3 Å². The highest BCUT2D eigenvalue weighted by atomic mass is 19.4. The molecule has 0 bridgehead atoms. The molecule has 0 heterocycles. The maximum Gasteiger partial charge on any atom is 0.416 e. The number of benzene rings is 1. The molecule has 2 nitrogen and oxygen atoms in total. The normalized spacial score (nSPS) is 11.8. The van der Waals surface area contributed by atoms with Crippen LogP contribution in [0.2, 0.25) is 0 Å². The molecule has 0 amide bonds. The number of ketones is 1. The summed E-state index contributed by atoms with van der Waals surface area (Å²) < 4.78 is 42.3. The standard InChI is InChI=1S/C12H11F3O2/c1-3-4-10(16)9-7-8(12(13,14)15)5-6-11(9)17-2/h3-7H,1-2H3/b4-3+. The van der Waals surface area contributed by atoms with E-state index in [1.807, 2.05) is 0 Å². The number of carbonyl (C=O) groups excluding carboxylic acids is 1. The van der Waals surface area contributed by atoms with Crippen molar-refractivity contribution >= 4 is 5.78 Å². The first kappa shape index (κ1) is 13.3. The van der Waals surface area contributed by atoms with Gasteiger partial charge in [0.15, 0.2) is 5.78 Å². The Morgan fingerprint density at radius 2 is 2.00 bits per heavy atom. The lowest BCUT2D eigenvalue weighted by molar-refractivity contribution is -0.137. The van der Waals surface area contributed by atoms with Crippen molar-refractivity contribution < 1.29 is 22.7 Å². The summed E-state index contributed by atoms with van der Waals surface area (Å²) in [5.41, 5.74) is -0.966. The Balaban J connectivity index is 3.29. The van der Waals surface area contributed by atoms with Crippen LogP contribution in [0.25, 0.3) is 0 Å². The number of hydrogen-bond donors (Lipinski definition) is 0. The highest BCUT2D eigenvalue weighted by Gasteiger charge is 2.31. The first-order valence-corrected chi connectivity index (χ1v) is 4.82. The smallest absolute Gasteiger partial charge is 0.416 e. The van der Waals surface area contributed by atoms with Crippen LogP contribution in [0, 0.1) is 0 Å². The summed E-state index contributed by atoms with van der Waals surface area (Å²) in [6.45, 7) is 1.61. The monoisotopic (exact) mass is 244 g/mol. The molecule has 0 aliphatic carbocycles. The van der Waals surface area contributed by atoms with Crippen LogP contribution >= 0.6 is 0 Å². The van der Waals surface area contributed by atoms with Crippen molar-refractivity contribution in [2.24, 2.45) is 0 Å². The molecule has 0 unspecified atom stereocenters. The quantitative estimate of drug-likeness (QED) is 0.601. The molecule has 0 fully saturated rings. The number of rotatable bonds is 3. The van der Waals surface area contributed by atoms with Crippen molar-refractivity contribution in [2.45, 2.75) is 13.1 Å². The largest absolute Gasteiger partial charge is 0.496 e. The molecule has 17 heavy (non-hydrogen) atoms. The lowest BCUT2D eigenvalue weighted by Crippen LogP contribution is -2.08. The van der Waals surface area contributed by atoms with Crippen molar-refractivity contribution in [1.29, 1.82) is 0 Å². The number of allylic oxidation sites excluding steroid dienone is 2. The average Bonchev–Trinajstić information content (AvgIpc) is 2.27. The fourth-order valence-electron chi connectivity index (χ4n) is 1.32. The second kappa shape index (κ2) is 5.03. The maximum atomic E-state index is 12.5. The molecule has 0 radical (unpaired) electrons. The third kappa shape index (κ3) is 3.09. The Kier molecular flexibility index (Phi) is 3.93. The number of ether oxygens (including phenoxy) is 1. The fourth-order valence-corrected chi connectivity index (χ4v) is 1.32. The highest BCUT2D eigenvalue weighted by molar-refractivity contribution is 6.06. The first-order chi connectivity index (χ1) is 7.90. The Hall–Kier alpha value is -1.78. The zero-order chi connectivity index (χ0) is 13.1. The minimum absolute atomic E-state index is 0.0968. The third-order valence-corrected chi connectivity index (χ3v) is 2.11. The van der Waals surface area contributed by atoms with Gasteiger partial charge in [0.2, 0.25) is 0 Å². The van der Waals surface area contributed by atoms with E-state index in [1.165, 1.54) is 19.3 Å². The third-order valence-electron chi connectivity index (χ3n) is 2.11. The van der Waals surface area contributed by atoms with Gasteiger partial charge < -0.3 is 4.74 Å². The molecular weight excluding hydrogens is 233 g/mol. The number of alkyl halides is 3. The molecule has 1 aromatic carbocycles. The van der Waals surface area contributed by atoms with Gasteiger partial charge in [0.25, 0.3) is 0 Å². The topological polar surface area (TPSA) is 26.3 Å². The van der Waals surface area contributed by atoms with Gasteiger partial charge in [-0.3, -0.25) is 4.79 Å². The lowest BCUT2D eigenvalue weighted by Gasteiger charge is -2.10. The predicted molar refractivity (Wildman–Crippen MR) is 57.1 cm³/mol. The van der Waals surface area contributed by atoms with Crippen molar-refractivity contribution in [3.05, 3.63) is 41.5 Å². The van der Waals surface area contributed by atoms with Gasteiger partial charge in [-0.25, -0.2) is 0 Å². The van der Waals surface area contributed by atoms with Gasteiger partial charge in [-0.2, -0.15) is 13.2 Å². The summed E-state index contributed by atoms with van der Waals surface area (Å²) in [6.07, 6.45) is -1.82.